The molecule has 0 radical (unpaired) electrons. The summed E-state index contributed by atoms with van der Waals surface area (Å²) in [6, 6.07) is 15.3. The number of nitrogens with zero attached hydrogens (tertiary/aromatic N) is 3. The fourth-order valence-electron chi connectivity index (χ4n) is 2.56. The zero-order valence-corrected chi connectivity index (χ0v) is 15.3. The van der Waals surface area contributed by atoms with Crippen molar-refractivity contribution in [3.8, 4) is 17.4 Å². The van der Waals surface area contributed by atoms with Crippen LogP contribution in [0.2, 0.25) is 0 Å². The smallest absolute Gasteiger partial charge is 0.423 e. The third-order valence-electron chi connectivity index (χ3n) is 3.95. The molecule has 28 heavy (non-hydrogen) atoms. The summed E-state index contributed by atoms with van der Waals surface area (Å²) in [4.78, 5) is 9.67. The van der Waals surface area contributed by atoms with Gasteiger partial charge in [-0.1, -0.05) is 18.2 Å². The summed E-state index contributed by atoms with van der Waals surface area (Å²) in [6.07, 6.45) is -3.90. The molecule has 0 saturated carbocycles. The van der Waals surface area contributed by atoms with Crippen molar-refractivity contribution in [1.29, 1.82) is 0 Å². The lowest BCUT2D eigenvalue weighted by atomic mass is 10.2. The molecular formula is C20H18F3N3O2. The molecule has 5 nitrogen and oxygen atoms in total. The highest BCUT2D eigenvalue weighted by molar-refractivity contribution is 5.59. The van der Waals surface area contributed by atoms with Gasteiger partial charge in [-0.05, 0) is 43.3 Å². The quantitative estimate of drug-likeness (QED) is 0.561. The average molecular weight is 389 g/mol. The molecular weight excluding hydrogens is 371 g/mol. The minimum Gasteiger partial charge on any atom is -0.497 e. The van der Waals surface area contributed by atoms with Crippen LogP contribution in [0.4, 0.5) is 24.8 Å². The molecule has 3 aromatic rings. The minimum atomic E-state index is -4.64. The van der Waals surface area contributed by atoms with Crippen LogP contribution in [0.25, 0.3) is 0 Å². The zero-order valence-electron chi connectivity index (χ0n) is 15.3. The molecule has 0 aliphatic carbocycles. The molecule has 146 valence electrons. The van der Waals surface area contributed by atoms with Gasteiger partial charge in [-0.15, -0.1) is 0 Å². The van der Waals surface area contributed by atoms with Crippen LogP contribution in [-0.2, 0) is 6.18 Å². The summed E-state index contributed by atoms with van der Waals surface area (Å²) in [5.41, 5.74) is -0.320. The highest BCUT2D eigenvalue weighted by Crippen LogP contribution is 2.38. The second-order valence-corrected chi connectivity index (χ2v) is 5.74. The highest BCUT2D eigenvalue weighted by atomic mass is 19.4. The van der Waals surface area contributed by atoms with E-state index in [-0.39, 0.29) is 11.7 Å². The maximum Gasteiger partial charge on any atom is 0.423 e. The van der Waals surface area contributed by atoms with Crippen molar-refractivity contribution in [2.75, 3.05) is 18.6 Å². The van der Waals surface area contributed by atoms with Gasteiger partial charge in [-0.25, -0.2) is 4.98 Å². The van der Waals surface area contributed by atoms with E-state index in [0.717, 1.165) is 6.20 Å². The molecule has 0 bridgehead atoms. The van der Waals surface area contributed by atoms with Gasteiger partial charge in [0.25, 0.3) is 0 Å². The number of methoxy groups -OCH3 is 1. The van der Waals surface area contributed by atoms with Gasteiger partial charge in [0.2, 0.25) is 11.8 Å². The molecule has 0 unspecified atom stereocenters. The fraction of sp³-hybridized carbons (Fsp3) is 0.200. The Labute approximate surface area is 160 Å². The van der Waals surface area contributed by atoms with Gasteiger partial charge in [0.05, 0.1) is 7.11 Å². The number of hydrogen-bond donors (Lipinski definition) is 0. The van der Waals surface area contributed by atoms with E-state index in [1.807, 2.05) is 6.92 Å². The maximum atomic E-state index is 13.4. The molecule has 0 saturated heterocycles. The van der Waals surface area contributed by atoms with Gasteiger partial charge in [-0.3, -0.25) is 0 Å². The molecule has 1 aromatic heterocycles. The summed E-state index contributed by atoms with van der Waals surface area (Å²) in [6.45, 7) is 2.30. The maximum absolute atomic E-state index is 13.4. The number of aromatic nitrogens is 2. The summed E-state index contributed by atoms with van der Waals surface area (Å²) in [5.74, 6) is 0.480. The summed E-state index contributed by atoms with van der Waals surface area (Å²) in [5, 5.41) is 0. The minimum absolute atomic E-state index is 0.103. The third-order valence-corrected chi connectivity index (χ3v) is 3.95. The zero-order chi connectivity index (χ0) is 20.1. The van der Waals surface area contributed by atoms with Gasteiger partial charge in [0, 0.05) is 18.4 Å². The van der Waals surface area contributed by atoms with E-state index in [4.69, 9.17) is 9.47 Å². The van der Waals surface area contributed by atoms with Crippen LogP contribution in [0.1, 0.15) is 12.5 Å². The Morgan fingerprint density at radius 3 is 2.21 bits per heavy atom. The van der Waals surface area contributed by atoms with Crippen LogP contribution in [0, 0.1) is 0 Å². The average Bonchev–Trinajstić information content (AvgIpc) is 2.69. The lowest BCUT2D eigenvalue weighted by Gasteiger charge is -2.22. The van der Waals surface area contributed by atoms with E-state index in [0.29, 0.717) is 18.0 Å². The number of para-hydroxylation sites is 1. The Kier molecular flexibility index (Phi) is 5.67. The van der Waals surface area contributed by atoms with Crippen molar-refractivity contribution < 1.29 is 22.6 Å². The van der Waals surface area contributed by atoms with Crippen LogP contribution in [-0.4, -0.2) is 23.6 Å². The Hall–Kier alpha value is -3.29. The van der Waals surface area contributed by atoms with E-state index in [1.54, 1.807) is 66.6 Å². The molecule has 0 atom stereocenters. The number of hydrogen-bond acceptors (Lipinski definition) is 5. The predicted molar refractivity (Wildman–Crippen MR) is 99.2 cm³/mol. The molecule has 0 fully saturated rings. The third kappa shape index (κ3) is 4.33. The van der Waals surface area contributed by atoms with Crippen LogP contribution >= 0.6 is 0 Å². The molecule has 0 aliphatic heterocycles. The first-order valence-corrected chi connectivity index (χ1v) is 8.51. The summed E-state index contributed by atoms with van der Waals surface area (Å²) >= 11 is 0. The normalized spacial score (nSPS) is 11.2. The molecule has 8 heteroatoms. The second-order valence-electron chi connectivity index (χ2n) is 5.74. The molecule has 0 spiro atoms. The number of ether oxygens (including phenoxy) is 2. The van der Waals surface area contributed by atoms with Gasteiger partial charge < -0.3 is 14.4 Å². The van der Waals surface area contributed by atoms with Gasteiger partial charge in [0.15, 0.2) is 0 Å². The largest absolute Gasteiger partial charge is 0.497 e. The lowest BCUT2D eigenvalue weighted by Crippen LogP contribution is -2.20. The number of anilines is 2. The Balaban J connectivity index is 2.01. The van der Waals surface area contributed by atoms with E-state index in [9.17, 15) is 13.2 Å². The first-order chi connectivity index (χ1) is 13.4. The number of rotatable bonds is 6. The van der Waals surface area contributed by atoms with Crippen molar-refractivity contribution in [3.63, 3.8) is 0 Å². The number of alkyl halides is 3. The summed E-state index contributed by atoms with van der Waals surface area (Å²) in [7, 11) is 1.55. The van der Waals surface area contributed by atoms with E-state index in [2.05, 4.69) is 9.97 Å². The number of halogens is 3. The van der Waals surface area contributed by atoms with E-state index < -0.39 is 17.6 Å². The summed E-state index contributed by atoms with van der Waals surface area (Å²) < 4.78 is 50.7. The van der Waals surface area contributed by atoms with Crippen molar-refractivity contribution in [2.24, 2.45) is 0 Å². The SMILES string of the molecule is CCN(c1ccc(OC)cc1)c1ncc(C(F)(F)F)c(Oc2ccccc2)n1. The van der Waals surface area contributed by atoms with Gasteiger partial charge in [0.1, 0.15) is 17.1 Å². The molecule has 1 heterocycles. The lowest BCUT2D eigenvalue weighted by molar-refractivity contribution is -0.139. The van der Waals surface area contributed by atoms with Crippen molar-refractivity contribution in [2.45, 2.75) is 13.1 Å². The van der Waals surface area contributed by atoms with E-state index >= 15 is 0 Å². The monoisotopic (exact) mass is 389 g/mol. The van der Waals surface area contributed by atoms with E-state index in [1.165, 1.54) is 0 Å². The molecule has 3 rings (SSSR count). The molecule has 0 N–H and O–H groups in total. The van der Waals surface area contributed by atoms with Crippen molar-refractivity contribution in [3.05, 3.63) is 66.4 Å². The Bertz CT molecular complexity index is 916. The standard InChI is InChI=1S/C20H18F3N3O2/c1-3-26(14-9-11-15(27-2)12-10-14)19-24-13-17(20(21,22)23)18(25-19)28-16-7-5-4-6-8-16/h4-13H,3H2,1-2H3. The van der Waals surface area contributed by atoms with Crippen LogP contribution in [0.15, 0.2) is 60.8 Å². The Morgan fingerprint density at radius 2 is 1.64 bits per heavy atom. The van der Waals surface area contributed by atoms with Gasteiger partial charge >= 0.3 is 6.18 Å². The topological polar surface area (TPSA) is 47.5 Å². The first-order valence-electron chi connectivity index (χ1n) is 8.51. The van der Waals surface area contributed by atoms with Crippen molar-refractivity contribution >= 4 is 11.6 Å². The second kappa shape index (κ2) is 8.16. The van der Waals surface area contributed by atoms with Gasteiger partial charge in [-0.2, -0.15) is 18.2 Å². The van der Waals surface area contributed by atoms with Crippen LogP contribution in [0.5, 0.6) is 17.4 Å². The first kappa shape index (κ1) is 19.5. The Morgan fingerprint density at radius 1 is 0.964 bits per heavy atom. The molecule has 2 aromatic carbocycles. The molecule has 0 aliphatic rings. The van der Waals surface area contributed by atoms with Crippen molar-refractivity contribution in [1.82, 2.24) is 9.97 Å². The predicted octanol–water partition coefficient (Wildman–Crippen LogP) is 5.45. The number of benzene rings is 2. The molecule has 0 amide bonds. The highest BCUT2D eigenvalue weighted by Gasteiger charge is 2.37. The van der Waals surface area contributed by atoms with Crippen LogP contribution in [0.3, 0.4) is 0 Å². The van der Waals surface area contributed by atoms with Crippen LogP contribution < -0.4 is 14.4 Å². The fourth-order valence-corrected chi connectivity index (χ4v) is 2.56.